The predicted molar refractivity (Wildman–Crippen MR) is 125 cm³/mol. The first-order chi connectivity index (χ1) is 16.1. The Kier molecular flexibility index (Phi) is 5.57. The van der Waals surface area contributed by atoms with Gasteiger partial charge in [-0.15, -0.1) is 0 Å². The van der Waals surface area contributed by atoms with E-state index in [0.717, 1.165) is 49.9 Å². The highest BCUT2D eigenvalue weighted by Gasteiger charge is 2.18. The van der Waals surface area contributed by atoms with Gasteiger partial charge in [0.25, 0.3) is 0 Å². The molecule has 5 aromatic rings. The Labute approximate surface area is 190 Å². The Bertz CT molecular complexity index is 1450. The molecular formula is C27H23NO5. The molecule has 0 saturated heterocycles. The van der Waals surface area contributed by atoms with Crippen molar-refractivity contribution in [2.24, 2.45) is 0 Å². The van der Waals surface area contributed by atoms with E-state index in [0.29, 0.717) is 19.0 Å². The number of aryl methyl sites for hydroxylation is 1. The van der Waals surface area contributed by atoms with E-state index in [9.17, 15) is 4.79 Å². The van der Waals surface area contributed by atoms with Gasteiger partial charge in [-0.2, -0.15) is 0 Å². The van der Waals surface area contributed by atoms with Crippen LogP contribution in [0.2, 0.25) is 0 Å². The summed E-state index contributed by atoms with van der Waals surface area (Å²) >= 11 is 0. The van der Waals surface area contributed by atoms with Gasteiger partial charge in [-0.05, 0) is 49.7 Å². The number of pyridine rings is 1. The molecule has 0 bridgehead atoms. The topological polar surface area (TPSA) is 74.7 Å². The van der Waals surface area contributed by atoms with Crippen LogP contribution in [0.3, 0.4) is 0 Å². The zero-order valence-electron chi connectivity index (χ0n) is 18.5. The highest BCUT2D eigenvalue weighted by Crippen LogP contribution is 2.38. The van der Waals surface area contributed by atoms with Crippen molar-refractivity contribution in [3.05, 3.63) is 84.1 Å². The molecule has 0 aliphatic heterocycles. The molecular weight excluding hydrogens is 418 g/mol. The highest BCUT2D eigenvalue weighted by molar-refractivity contribution is 6.10. The van der Waals surface area contributed by atoms with Crippen LogP contribution in [0.5, 0.6) is 5.75 Å². The maximum atomic E-state index is 12.0. The molecule has 5 rings (SSSR count). The summed E-state index contributed by atoms with van der Waals surface area (Å²) in [6, 6.07) is 15.5. The standard InChI is InChI=1S/C27H23NO5/c1-3-30-25(29)13-19-6-4-5-7-24(19)32-15-20-16-33-27-21-9-11-31-26(21)22(14-23(20)27)18-8-10-28-17(2)12-18/h4-12,14,16H,3,13,15H2,1-2H3. The summed E-state index contributed by atoms with van der Waals surface area (Å²) in [4.78, 5) is 16.3. The number of nitrogens with zero attached hydrogens (tertiary/aromatic N) is 1. The number of carbonyl (C=O) groups is 1. The minimum Gasteiger partial charge on any atom is -0.488 e. The molecule has 0 aliphatic carbocycles. The number of ether oxygens (including phenoxy) is 2. The Hall–Kier alpha value is -4.06. The van der Waals surface area contributed by atoms with Crippen molar-refractivity contribution in [1.29, 1.82) is 0 Å². The number of aromatic nitrogens is 1. The molecule has 0 N–H and O–H groups in total. The fourth-order valence-electron chi connectivity index (χ4n) is 4.03. The molecule has 0 unspecified atom stereocenters. The SMILES string of the molecule is CCOC(=O)Cc1ccccc1OCc1coc2c1cc(-c1ccnc(C)c1)c1occc12. The highest BCUT2D eigenvalue weighted by atomic mass is 16.5. The summed E-state index contributed by atoms with van der Waals surface area (Å²) in [7, 11) is 0. The quantitative estimate of drug-likeness (QED) is 0.279. The van der Waals surface area contributed by atoms with Gasteiger partial charge in [0.1, 0.15) is 23.5 Å². The van der Waals surface area contributed by atoms with Crippen LogP contribution in [-0.4, -0.2) is 17.6 Å². The van der Waals surface area contributed by atoms with E-state index >= 15 is 0 Å². The summed E-state index contributed by atoms with van der Waals surface area (Å²) in [5, 5.41) is 1.86. The molecule has 0 amide bonds. The number of hydrogen-bond donors (Lipinski definition) is 0. The van der Waals surface area contributed by atoms with Gasteiger partial charge in [0.05, 0.1) is 30.9 Å². The van der Waals surface area contributed by atoms with Crippen molar-refractivity contribution < 1.29 is 23.1 Å². The lowest BCUT2D eigenvalue weighted by Crippen LogP contribution is -2.09. The maximum Gasteiger partial charge on any atom is 0.310 e. The fourth-order valence-corrected chi connectivity index (χ4v) is 4.03. The number of furan rings is 2. The molecule has 3 aromatic heterocycles. The molecule has 0 fully saturated rings. The largest absolute Gasteiger partial charge is 0.488 e. The number of rotatable bonds is 7. The average Bonchev–Trinajstić information content (AvgIpc) is 3.45. The van der Waals surface area contributed by atoms with Crippen LogP contribution < -0.4 is 4.74 Å². The Morgan fingerprint density at radius 2 is 1.88 bits per heavy atom. The van der Waals surface area contributed by atoms with E-state index < -0.39 is 0 Å². The van der Waals surface area contributed by atoms with Crippen LogP contribution >= 0.6 is 0 Å². The number of para-hydroxylation sites is 1. The molecule has 166 valence electrons. The zero-order chi connectivity index (χ0) is 22.8. The van der Waals surface area contributed by atoms with Crippen LogP contribution in [-0.2, 0) is 22.6 Å². The molecule has 6 heteroatoms. The maximum absolute atomic E-state index is 12.0. The van der Waals surface area contributed by atoms with Crippen molar-refractivity contribution in [1.82, 2.24) is 4.98 Å². The number of carbonyl (C=O) groups excluding carboxylic acids is 1. The van der Waals surface area contributed by atoms with Crippen LogP contribution in [0.1, 0.15) is 23.7 Å². The number of hydrogen-bond acceptors (Lipinski definition) is 6. The van der Waals surface area contributed by atoms with E-state index in [4.69, 9.17) is 18.3 Å². The molecule has 0 saturated carbocycles. The van der Waals surface area contributed by atoms with Crippen LogP contribution in [0, 0.1) is 6.92 Å². The van der Waals surface area contributed by atoms with Gasteiger partial charge in [0, 0.05) is 34.0 Å². The minimum absolute atomic E-state index is 0.164. The van der Waals surface area contributed by atoms with Crippen molar-refractivity contribution >= 4 is 27.9 Å². The van der Waals surface area contributed by atoms with Gasteiger partial charge in [-0.3, -0.25) is 9.78 Å². The first kappa shape index (κ1) is 20.8. The predicted octanol–water partition coefficient (Wildman–Crippen LogP) is 6.23. The van der Waals surface area contributed by atoms with Gasteiger partial charge in [-0.1, -0.05) is 18.2 Å². The summed E-state index contributed by atoms with van der Waals surface area (Å²) in [6.45, 7) is 4.41. The van der Waals surface area contributed by atoms with E-state index in [1.807, 2.05) is 49.4 Å². The van der Waals surface area contributed by atoms with Crippen LogP contribution in [0.4, 0.5) is 0 Å². The second-order valence-electron chi connectivity index (χ2n) is 7.79. The first-order valence-electron chi connectivity index (χ1n) is 10.8. The van der Waals surface area contributed by atoms with Gasteiger partial charge in [-0.25, -0.2) is 0 Å². The van der Waals surface area contributed by atoms with Gasteiger partial charge in [0.15, 0.2) is 0 Å². The third-order valence-corrected chi connectivity index (χ3v) is 5.56. The summed E-state index contributed by atoms with van der Waals surface area (Å²) in [5.74, 6) is 0.372. The third kappa shape index (κ3) is 4.07. The van der Waals surface area contributed by atoms with Gasteiger partial charge in [0.2, 0.25) is 0 Å². The Morgan fingerprint density at radius 3 is 2.73 bits per heavy atom. The lowest BCUT2D eigenvalue weighted by molar-refractivity contribution is -0.142. The number of fused-ring (bicyclic) bond motifs is 3. The zero-order valence-corrected chi connectivity index (χ0v) is 18.5. The summed E-state index contributed by atoms with van der Waals surface area (Å²) < 4.78 is 22.9. The summed E-state index contributed by atoms with van der Waals surface area (Å²) in [6.07, 6.45) is 5.35. The van der Waals surface area contributed by atoms with E-state index in [1.54, 1.807) is 25.6 Å². The molecule has 33 heavy (non-hydrogen) atoms. The molecule has 3 heterocycles. The lowest BCUT2D eigenvalue weighted by Gasteiger charge is -2.11. The lowest BCUT2D eigenvalue weighted by atomic mass is 10.00. The Morgan fingerprint density at radius 1 is 1.00 bits per heavy atom. The van der Waals surface area contributed by atoms with E-state index in [2.05, 4.69) is 11.1 Å². The molecule has 0 spiro atoms. The van der Waals surface area contributed by atoms with Crippen molar-refractivity contribution in [3.63, 3.8) is 0 Å². The monoisotopic (exact) mass is 441 g/mol. The second-order valence-corrected chi connectivity index (χ2v) is 7.79. The Balaban J connectivity index is 1.50. The molecule has 0 atom stereocenters. The summed E-state index contributed by atoms with van der Waals surface area (Å²) in [5.41, 5.74) is 6.15. The second kappa shape index (κ2) is 8.82. The third-order valence-electron chi connectivity index (χ3n) is 5.56. The minimum atomic E-state index is -0.276. The van der Waals surface area contributed by atoms with Crippen molar-refractivity contribution in [3.8, 4) is 16.9 Å². The van der Waals surface area contributed by atoms with Gasteiger partial charge >= 0.3 is 5.97 Å². The van der Waals surface area contributed by atoms with Crippen molar-refractivity contribution in [2.75, 3.05) is 6.61 Å². The molecule has 0 aliphatic rings. The number of esters is 1. The molecule has 2 aromatic carbocycles. The smallest absolute Gasteiger partial charge is 0.310 e. The van der Waals surface area contributed by atoms with Crippen LogP contribution in [0.15, 0.2) is 76.1 Å². The fraction of sp³-hybridized carbons (Fsp3) is 0.185. The average molecular weight is 441 g/mol. The number of benzene rings is 2. The van der Waals surface area contributed by atoms with Gasteiger partial charge < -0.3 is 18.3 Å². The first-order valence-corrected chi connectivity index (χ1v) is 10.8. The van der Waals surface area contributed by atoms with Crippen LogP contribution in [0.25, 0.3) is 33.1 Å². The van der Waals surface area contributed by atoms with E-state index in [-0.39, 0.29) is 12.4 Å². The normalized spacial score (nSPS) is 11.2. The van der Waals surface area contributed by atoms with Crippen molar-refractivity contribution in [2.45, 2.75) is 26.9 Å². The molecule has 0 radical (unpaired) electrons. The molecule has 6 nitrogen and oxygen atoms in total. The van der Waals surface area contributed by atoms with E-state index in [1.165, 1.54) is 0 Å².